The first-order chi connectivity index (χ1) is 11.4. The lowest BCUT2D eigenvalue weighted by atomic mass is 9.80. The van der Waals surface area contributed by atoms with Gasteiger partial charge in [-0.05, 0) is 0 Å². The molecule has 0 aliphatic heterocycles. The molecule has 0 bridgehead atoms. The fourth-order valence-electron chi connectivity index (χ4n) is 2.51. The Morgan fingerprint density at radius 3 is 1.64 bits per heavy atom. The van der Waals surface area contributed by atoms with Crippen molar-refractivity contribution in [2.24, 2.45) is 11.8 Å². The molecule has 3 atom stereocenters. The van der Waals surface area contributed by atoms with Gasteiger partial charge in [0.1, 0.15) is 5.92 Å². The van der Waals surface area contributed by atoms with Gasteiger partial charge in [0.2, 0.25) is 12.6 Å². The van der Waals surface area contributed by atoms with Crippen molar-refractivity contribution in [3.63, 3.8) is 0 Å². The van der Waals surface area contributed by atoms with Crippen LogP contribution in [-0.2, 0) is 0 Å². The summed E-state index contributed by atoms with van der Waals surface area (Å²) in [6.45, 7) is 0.264. The van der Waals surface area contributed by atoms with E-state index in [9.17, 15) is 50.6 Å². The van der Waals surface area contributed by atoms with Gasteiger partial charge in [0.25, 0.3) is 6.54 Å². The number of rotatable bonds is 12. The summed E-state index contributed by atoms with van der Waals surface area (Å²) < 4.78 is 0. The summed E-state index contributed by atoms with van der Waals surface area (Å²) in [5, 5.41) is 54.8. The van der Waals surface area contributed by atoms with Crippen LogP contribution >= 0.6 is 0 Å². The normalized spacial score (nSPS) is 14.7. The molecule has 0 saturated carbocycles. The summed E-state index contributed by atoms with van der Waals surface area (Å²) in [5.41, 5.74) is 0. The van der Waals surface area contributed by atoms with Crippen LogP contribution in [0.4, 0.5) is 0 Å². The first-order valence-electron chi connectivity index (χ1n) is 6.91. The van der Waals surface area contributed by atoms with E-state index in [4.69, 9.17) is 0 Å². The van der Waals surface area contributed by atoms with Crippen LogP contribution in [0.5, 0.6) is 0 Å². The summed E-state index contributed by atoms with van der Waals surface area (Å²) in [6.07, 6.45) is -0.727. The van der Waals surface area contributed by atoms with Gasteiger partial charge in [-0.25, -0.2) is 0 Å². The highest BCUT2D eigenvalue weighted by Crippen LogP contribution is 2.32. The fraction of sp³-hybridized carbons (Fsp3) is 0.900. The lowest BCUT2D eigenvalue weighted by molar-refractivity contribution is -0.631. The van der Waals surface area contributed by atoms with E-state index in [0.29, 0.717) is 0 Å². The molecule has 0 aromatic carbocycles. The zero-order valence-electron chi connectivity index (χ0n) is 13.2. The minimum absolute atomic E-state index is 0.727. The van der Waals surface area contributed by atoms with Gasteiger partial charge in [0.05, 0.1) is 0 Å². The molecule has 0 aliphatic carbocycles. The Labute approximate surface area is 139 Å². The molecule has 15 heteroatoms. The van der Waals surface area contributed by atoms with Gasteiger partial charge in [-0.15, -0.1) is 0 Å². The van der Waals surface area contributed by atoms with Gasteiger partial charge >= 0.3 is 12.1 Å². The monoisotopic (exact) mass is 366 g/mol. The van der Waals surface area contributed by atoms with Crippen LogP contribution in [0.2, 0.25) is 0 Å². The highest BCUT2D eigenvalue weighted by Gasteiger charge is 2.59. The van der Waals surface area contributed by atoms with Gasteiger partial charge in [0, 0.05) is 37.0 Å². The molecule has 0 N–H and O–H groups in total. The molecule has 0 rings (SSSR count). The van der Waals surface area contributed by atoms with Crippen molar-refractivity contribution in [1.82, 2.24) is 0 Å². The Hall–Kier alpha value is -3.00. The predicted molar refractivity (Wildman–Crippen MR) is 78.5 cm³/mol. The summed E-state index contributed by atoms with van der Waals surface area (Å²) in [6, 6.07) is -5.43. The molecule has 3 unspecified atom stereocenters. The van der Waals surface area contributed by atoms with Crippen LogP contribution in [0, 0.1) is 68.4 Å². The Kier molecular flexibility index (Phi) is 8.21. The number of nitrogens with zero attached hydrogens (tertiary/aromatic N) is 5. The summed E-state index contributed by atoms with van der Waals surface area (Å²) in [5.74, 6) is -2.66. The van der Waals surface area contributed by atoms with Crippen LogP contribution in [-0.4, -0.2) is 49.8 Å². The molecule has 0 aromatic heterocycles. The minimum atomic E-state index is -2.43. The molecule has 0 spiro atoms. The molecular formula is C10H16N5O10. The molecule has 0 saturated heterocycles. The molecule has 141 valence electrons. The van der Waals surface area contributed by atoms with Crippen molar-refractivity contribution in [1.29, 1.82) is 0 Å². The van der Waals surface area contributed by atoms with Crippen molar-refractivity contribution in [3.05, 3.63) is 56.6 Å². The molecule has 0 fully saturated rings. The molecule has 25 heavy (non-hydrogen) atoms. The maximum absolute atomic E-state index is 11.3. The van der Waals surface area contributed by atoms with Crippen molar-refractivity contribution >= 4 is 0 Å². The Morgan fingerprint density at radius 1 is 0.840 bits per heavy atom. The second-order valence-corrected chi connectivity index (χ2v) is 5.47. The summed E-state index contributed by atoms with van der Waals surface area (Å²) >= 11 is 0. The Morgan fingerprint density at radius 2 is 1.36 bits per heavy atom. The third kappa shape index (κ3) is 6.56. The number of hydrogen-bond donors (Lipinski definition) is 0. The average molecular weight is 366 g/mol. The third-order valence-electron chi connectivity index (χ3n) is 3.47. The average Bonchev–Trinajstić information content (AvgIpc) is 2.41. The maximum atomic E-state index is 11.3. The molecule has 0 amide bonds. The van der Waals surface area contributed by atoms with Gasteiger partial charge in [-0.3, -0.25) is 50.6 Å². The first kappa shape index (κ1) is 22.0. The van der Waals surface area contributed by atoms with E-state index in [1.807, 2.05) is 0 Å². The lowest BCUT2D eigenvalue weighted by Crippen LogP contribution is -2.49. The van der Waals surface area contributed by atoms with E-state index >= 15 is 0 Å². The van der Waals surface area contributed by atoms with E-state index in [-0.39, 0.29) is 0 Å². The highest BCUT2D eigenvalue weighted by molar-refractivity contribution is 4.97. The molecule has 15 nitrogen and oxygen atoms in total. The third-order valence-corrected chi connectivity index (χ3v) is 3.47. The van der Waals surface area contributed by atoms with Gasteiger partial charge in [-0.1, -0.05) is 13.8 Å². The molecule has 0 aromatic rings. The van der Waals surface area contributed by atoms with E-state index in [0.717, 1.165) is 0 Å². The zero-order chi connectivity index (χ0) is 19.9. The van der Waals surface area contributed by atoms with E-state index in [2.05, 4.69) is 0 Å². The first-order valence-corrected chi connectivity index (χ1v) is 6.91. The largest absolute Gasteiger partial charge is 0.379 e. The Balaban J connectivity index is 6.10. The van der Waals surface area contributed by atoms with Crippen LogP contribution in [0.3, 0.4) is 0 Å². The van der Waals surface area contributed by atoms with Crippen LogP contribution in [0.15, 0.2) is 0 Å². The smallest absolute Gasteiger partial charge is 0.265 e. The predicted octanol–water partition coefficient (Wildman–Crippen LogP) is 0.301. The number of hydrogen-bond acceptors (Lipinski definition) is 10. The van der Waals surface area contributed by atoms with Gasteiger partial charge in [0.15, 0.2) is 0 Å². The highest BCUT2D eigenvalue weighted by atomic mass is 16.7. The van der Waals surface area contributed by atoms with Gasteiger partial charge in [-0.2, -0.15) is 0 Å². The fourth-order valence-corrected chi connectivity index (χ4v) is 2.51. The SMILES string of the molecule is CC(C)C(C(CC[N+](=O)[O-])[C](C(C[N+](=O)[O-])[N+](=O)[O-])[N+](=O)[O-])[N+](=O)[O-]. The summed E-state index contributed by atoms with van der Waals surface area (Å²) in [4.78, 5) is 49.3. The molecule has 0 aliphatic rings. The van der Waals surface area contributed by atoms with Crippen molar-refractivity contribution in [2.75, 3.05) is 13.1 Å². The van der Waals surface area contributed by atoms with Crippen molar-refractivity contribution in [2.45, 2.75) is 32.4 Å². The van der Waals surface area contributed by atoms with E-state index < -0.39 is 74.1 Å². The standard InChI is InChI=1S/C10H16N5O10/c1-6(2)9(14(22)23)7(3-4-11(16)17)10(15(24)25)8(13(20)21)5-12(18)19/h6-9H,3-5H2,1-2H3. The van der Waals surface area contributed by atoms with E-state index in [1.54, 1.807) is 0 Å². The summed E-state index contributed by atoms with van der Waals surface area (Å²) in [7, 11) is 0. The zero-order valence-corrected chi connectivity index (χ0v) is 13.2. The second-order valence-electron chi connectivity index (χ2n) is 5.47. The van der Waals surface area contributed by atoms with Crippen LogP contribution in [0.1, 0.15) is 20.3 Å². The number of nitro groups is 5. The quantitative estimate of drug-likeness (QED) is 0.339. The van der Waals surface area contributed by atoms with Crippen molar-refractivity contribution in [3.8, 4) is 0 Å². The molecule has 0 heterocycles. The molecular weight excluding hydrogens is 350 g/mol. The van der Waals surface area contributed by atoms with Crippen LogP contribution < -0.4 is 0 Å². The maximum Gasteiger partial charge on any atom is 0.379 e. The minimum Gasteiger partial charge on any atom is -0.265 e. The van der Waals surface area contributed by atoms with E-state index in [1.165, 1.54) is 13.8 Å². The van der Waals surface area contributed by atoms with Gasteiger partial charge < -0.3 is 0 Å². The Bertz CT molecular complexity index is 552. The van der Waals surface area contributed by atoms with Crippen molar-refractivity contribution < 1.29 is 24.6 Å². The topological polar surface area (TPSA) is 216 Å². The van der Waals surface area contributed by atoms with Crippen LogP contribution in [0.25, 0.3) is 0 Å². The lowest BCUT2D eigenvalue weighted by Gasteiger charge is -2.23. The second kappa shape index (κ2) is 9.33. The molecule has 1 radical (unpaired) electrons.